The zero-order valence-electron chi connectivity index (χ0n) is 16.2. The van der Waals surface area contributed by atoms with Crippen molar-refractivity contribution in [3.05, 3.63) is 70.2 Å². The largest absolute Gasteiger partial charge is 0.355 e. The van der Waals surface area contributed by atoms with Crippen LogP contribution < -0.4 is 5.32 Å². The van der Waals surface area contributed by atoms with E-state index in [1.54, 1.807) is 24.3 Å². The Morgan fingerprint density at radius 2 is 1.58 bits per heavy atom. The van der Waals surface area contributed by atoms with Gasteiger partial charge in [-0.25, -0.2) is 13.2 Å². The number of carbonyl (C=O) groups excluding carboxylic acids is 4. The van der Waals surface area contributed by atoms with E-state index in [0.29, 0.717) is 5.06 Å². The number of nitrogens with one attached hydrogen (secondary N) is 1. The Labute approximate surface area is 182 Å². The zero-order chi connectivity index (χ0) is 22.8. The molecule has 0 aliphatic carbocycles. The van der Waals surface area contributed by atoms with E-state index in [0.717, 1.165) is 6.26 Å². The molecule has 0 aromatic heterocycles. The van der Waals surface area contributed by atoms with E-state index in [9.17, 15) is 27.6 Å². The first-order valence-electron chi connectivity index (χ1n) is 9.01. The first-order chi connectivity index (χ1) is 14.6. The third-order valence-electron chi connectivity index (χ3n) is 4.42. The molecule has 3 amide bonds. The van der Waals surface area contributed by atoms with E-state index >= 15 is 0 Å². The standard InChI is InChI=1S/C20H17ClN2O7S/c1-31(28,29)11-10-16(22-17(24)14-8-4-5-9-15(14)21)20(27)30-23-18(25)12-6-2-3-7-13(12)19(23)26/h2-9,16H,10-11H2,1H3,(H,22,24). The van der Waals surface area contributed by atoms with Crippen LogP contribution in [0.5, 0.6) is 0 Å². The minimum Gasteiger partial charge on any atom is -0.338 e. The SMILES string of the molecule is CS(=O)(=O)CCC(NC(=O)c1ccccc1Cl)C(=O)ON1C(=O)c2ccccc2C1=O. The second-order valence-corrected chi connectivity index (χ2v) is 9.45. The molecule has 0 saturated carbocycles. The highest BCUT2D eigenvalue weighted by molar-refractivity contribution is 7.90. The highest BCUT2D eigenvalue weighted by Crippen LogP contribution is 2.23. The van der Waals surface area contributed by atoms with Gasteiger partial charge in [0.25, 0.3) is 17.7 Å². The van der Waals surface area contributed by atoms with Gasteiger partial charge in [0.15, 0.2) is 0 Å². The lowest BCUT2D eigenvalue weighted by atomic mass is 10.1. The molecule has 1 unspecified atom stereocenters. The van der Waals surface area contributed by atoms with Crippen molar-refractivity contribution in [1.82, 2.24) is 10.4 Å². The van der Waals surface area contributed by atoms with Crippen LogP contribution in [0.4, 0.5) is 0 Å². The number of imide groups is 1. The minimum atomic E-state index is -3.49. The molecular weight excluding hydrogens is 448 g/mol. The van der Waals surface area contributed by atoms with Crippen LogP contribution >= 0.6 is 11.6 Å². The number of nitrogens with zero attached hydrogens (tertiary/aromatic N) is 1. The molecule has 1 aliphatic heterocycles. The van der Waals surface area contributed by atoms with Crippen molar-refractivity contribution in [2.45, 2.75) is 12.5 Å². The van der Waals surface area contributed by atoms with Gasteiger partial charge >= 0.3 is 5.97 Å². The van der Waals surface area contributed by atoms with E-state index in [-0.39, 0.29) is 28.1 Å². The van der Waals surface area contributed by atoms with Crippen molar-refractivity contribution in [3.63, 3.8) is 0 Å². The number of carbonyl (C=O) groups is 4. The summed E-state index contributed by atoms with van der Waals surface area (Å²) >= 11 is 5.99. The number of benzene rings is 2. The smallest absolute Gasteiger partial charge is 0.338 e. The van der Waals surface area contributed by atoms with Crippen LogP contribution in [0.3, 0.4) is 0 Å². The quantitative estimate of drug-likeness (QED) is 0.617. The molecule has 1 N–H and O–H groups in total. The summed E-state index contributed by atoms with van der Waals surface area (Å²) in [5.74, 6) is -4.04. The molecule has 1 heterocycles. The number of sulfone groups is 1. The van der Waals surface area contributed by atoms with Crippen molar-refractivity contribution in [2.24, 2.45) is 0 Å². The molecule has 0 radical (unpaired) electrons. The summed E-state index contributed by atoms with van der Waals surface area (Å²) in [5.41, 5.74) is 0.184. The molecule has 0 fully saturated rings. The second kappa shape index (κ2) is 8.86. The van der Waals surface area contributed by atoms with E-state index in [2.05, 4.69) is 5.32 Å². The Bertz CT molecular complexity index is 1140. The third-order valence-corrected chi connectivity index (χ3v) is 5.73. The lowest BCUT2D eigenvalue weighted by Crippen LogP contribution is -2.46. The summed E-state index contributed by atoms with van der Waals surface area (Å²) in [6.45, 7) is 0. The van der Waals surface area contributed by atoms with Gasteiger partial charge in [-0.15, -0.1) is 0 Å². The van der Waals surface area contributed by atoms with Gasteiger partial charge in [-0.05, 0) is 30.7 Å². The van der Waals surface area contributed by atoms with Crippen LogP contribution in [0.2, 0.25) is 5.02 Å². The van der Waals surface area contributed by atoms with E-state index in [1.807, 2.05) is 0 Å². The average molecular weight is 465 g/mol. The average Bonchev–Trinajstić information content (AvgIpc) is 2.95. The molecule has 1 aliphatic rings. The Hall–Kier alpha value is -3.24. The lowest BCUT2D eigenvalue weighted by Gasteiger charge is -2.20. The highest BCUT2D eigenvalue weighted by atomic mass is 35.5. The number of rotatable bonds is 7. The van der Waals surface area contributed by atoms with Gasteiger partial charge in [0.05, 0.1) is 27.5 Å². The van der Waals surface area contributed by atoms with Crippen LogP contribution in [0.25, 0.3) is 0 Å². The Morgan fingerprint density at radius 3 is 2.13 bits per heavy atom. The molecule has 0 saturated heterocycles. The monoisotopic (exact) mass is 464 g/mol. The van der Waals surface area contributed by atoms with Gasteiger partial charge in [-0.1, -0.05) is 40.9 Å². The van der Waals surface area contributed by atoms with Gasteiger partial charge < -0.3 is 10.2 Å². The number of hydrogen-bond acceptors (Lipinski definition) is 7. The molecular formula is C20H17ClN2O7S. The fraction of sp³-hybridized carbons (Fsp3) is 0.200. The number of amides is 3. The molecule has 31 heavy (non-hydrogen) atoms. The fourth-order valence-corrected chi connectivity index (χ4v) is 3.75. The molecule has 162 valence electrons. The summed E-state index contributed by atoms with van der Waals surface area (Å²) in [5, 5.41) is 2.77. The maximum Gasteiger partial charge on any atom is 0.355 e. The first-order valence-corrected chi connectivity index (χ1v) is 11.4. The van der Waals surface area contributed by atoms with Crippen LogP contribution in [0, 0.1) is 0 Å². The summed E-state index contributed by atoms with van der Waals surface area (Å²) in [6, 6.07) is 10.5. The second-order valence-electron chi connectivity index (χ2n) is 6.79. The maximum absolute atomic E-state index is 12.7. The highest BCUT2D eigenvalue weighted by Gasteiger charge is 2.40. The van der Waals surface area contributed by atoms with Crippen LogP contribution in [-0.2, 0) is 19.5 Å². The van der Waals surface area contributed by atoms with Crippen molar-refractivity contribution >= 4 is 45.1 Å². The number of halogens is 1. The van der Waals surface area contributed by atoms with Crippen LogP contribution in [0.15, 0.2) is 48.5 Å². The molecule has 2 aromatic carbocycles. The van der Waals surface area contributed by atoms with Gasteiger partial charge in [-0.2, -0.15) is 0 Å². The van der Waals surface area contributed by atoms with Gasteiger partial charge in [0.1, 0.15) is 15.9 Å². The molecule has 9 nitrogen and oxygen atoms in total. The van der Waals surface area contributed by atoms with Gasteiger partial charge in [-0.3, -0.25) is 14.4 Å². The summed E-state index contributed by atoms with van der Waals surface area (Å²) in [6.07, 6.45) is 0.631. The summed E-state index contributed by atoms with van der Waals surface area (Å²) < 4.78 is 23.1. The molecule has 1 atom stereocenters. The van der Waals surface area contributed by atoms with Crippen LogP contribution in [-0.4, -0.2) is 55.2 Å². The predicted molar refractivity (Wildman–Crippen MR) is 110 cm³/mol. The van der Waals surface area contributed by atoms with E-state index in [1.165, 1.54) is 24.3 Å². The molecule has 2 aromatic rings. The zero-order valence-corrected chi connectivity index (χ0v) is 17.8. The molecule has 0 bridgehead atoms. The van der Waals surface area contributed by atoms with Crippen molar-refractivity contribution < 1.29 is 32.4 Å². The normalized spacial score (nSPS) is 14.2. The Morgan fingerprint density at radius 1 is 1.03 bits per heavy atom. The first kappa shape index (κ1) is 22.4. The summed E-state index contributed by atoms with van der Waals surface area (Å²) in [7, 11) is -3.49. The van der Waals surface area contributed by atoms with E-state index in [4.69, 9.17) is 16.4 Å². The van der Waals surface area contributed by atoms with Crippen molar-refractivity contribution in [3.8, 4) is 0 Å². The Kier molecular flexibility index (Phi) is 6.42. The van der Waals surface area contributed by atoms with Crippen molar-refractivity contribution in [1.29, 1.82) is 0 Å². The third kappa shape index (κ3) is 5.09. The topological polar surface area (TPSA) is 127 Å². The molecule has 0 spiro atoms. The van der Waals surface area contributed by atoms with Gasteiger partial charge in [0, 0.05) is 6.26 Å². The summed E-state index contributed by atoms with van der Waals surface area (Å²) in [4.78, 5) is 55.0. The van der Waals surface area contributed by atoms with E-state index < -0.39 is 45.3 Å². The number of hydroxylamine groups is 2. The van der Waals surface area contributed by atoms with Gasteiger partial charge in [0.2, 0.25) is 0 Å². The molecule has 3 rings (SSSR count). The number of fused-ring (bicyclic) bond motifs is 1. The minimum absolute atomic E-state index is 0.0575. The fourth-order valence-electron chi connectivity index (χ4n) is 2.87. The Balaban J connectivity index is 1.80. The van der Waals surface area contributed by atoms with Crippen molar-refractivity contribution in [2.75, 3.05) is 12.0 Å². The lowest BCUT2D eigenvalue weighted by molar-refractivity contribution is -0.170. The molecule has 11 heteroatoms. The maximum atomic E-state index is 12.7. The number of hydrogen-bond donors (Lipinski definition) is 1. The predicted octanol–water partition coefficient (Wildman–Crippen LogP) is 1.63. The van der Waals surface area contributed by atoms with Crippen LogP contribution in [0.1, 0.15) is 37.5 Å².